The summed E-state index contributed by atoms with van der Waals surface area (Å²) in [6.45, 7) is 14.7. The summed E-state index contributed by atoms with van der Waals surface area (Å²) in [5.74, 6) is -2.01. The molecule has 1 aromatic heterocycles. The number of ether oxygens (including phenoxy) is 5. The SMILES string of the molecule is CC(=O)OC1C[C@H](OC(C)=O)[C@@]2(C)C(C[C@H](OC(C)=O)[C@]3(C)C2CC[C@@]2(C)[C@H](c4ccoc4)OC(=O)[C@H]4O[C@]423)C1(C)C. The van der Waals surface area contributed by atoms with Gasteiger partial charge in [0.2, 0.25) is 0 Å². The Kier molecular flexibility index (Phi) is 6.30. The zero-order valence-corrected chi connectivity index (χ0v) is 25.7. The fourth-order valence-electron chi connectivity index (χ4n) is 10.6. The van der Waals surface area contributed by atoms with Crippen molar-refractivity contribution in [3.05, 3.63) is 24.2 Å². The Morgan fingerprint density at radius 1 is 0.833 bits per heavy atom. The molecule has 230 valence electrons. The number of hydrogen-bond donors (Lipinski definition) is 0. The summed E-state index contributed by atoms with van der Waals surface area (Å²) in [4.78, 5) is 50.9. The standard InChI is InChI=1S/C32H42O10/c1-16(33)38-22-14-23(39-17(2)34)30(7)20-9-11-29(6)25(19-10-12-37-15-19)41-27(36)26-32(29,42-26)31(20,8)24(40-18(3)35)13-21(30)28(22,4)5/h10,12,15,20-26H,9,11,13-14H2,1-8H3/t20?,21?,22?,23-,24-,25-,26+,29-,30+,31-,32+/m0/s1. The lowest BCUT2D eigenvalue weighted by Gasteiger charge is -2.71. The van der Waals surface area contributed by atoms with Gasteiger partial charge in [-0.15, -0.1) is 0 Å². The van der Waals surface area contributed by atoms with Crippen molar-refractivity contribution in [3.8, 4) is 0 Å². The van der Waals surface area contributed by atoms with Crippen molar-refractivity contribution in [2.24, 2.45) is 33.5 Å². The average Bonchev–Trinajstić information content (AvgIpc) is 3.45. The molecule has 42 heavy (non-hydrogen) atoms. The molecule has 1 spiro atoms. The minimum absolute atomic E-state index is 0.159. The molecule has 3 saturated carbocycles. The van der Waals surface area contributed by atoms with E-state index < -0.39 is 81.7 Å². The second-order valence-electron chi connectivity index (χ2n) is 14.4. The predicted octanol–water partition coefficient (Wildman–Crippen LogP) is 4.69. The van der Waals surface area contributed by atoms with Gasteiger partial charge >= 0.3 is 23.9 Å². The maximum absolute atomic E-state index is 13.5. The molecule has 5 fully saturated rings. The first-order valence-electron chi connectivity index (χ1n) is 15.0. The van der Waals surface area contributed by atoms with Crippen LogP contribution in [0.3, 0.4) is 0 Å². The smallest absolute Gasteiger partial charge is 0.339 e. The van der Waals surface area contributed by atoms with E-state index in [0.29, 0.717) is 25.7 Å². The molecule has 10 heteroatoms. The first kappa shape index (κ1) is 29.2. The normalized spacial score (nSPS) is 46.5. The van der Waals surface area contributed by atoms with E-state index in [4.69, 9.17) is 28.1 Å². The van der Waals surface area contributed by atoms with E-state index in [1.54, 1.807) is 12.5 Å². The van der Waals surface area contributed by atoms with Gasteiger partial charge in [0.25, 0.3) is 0 Å². The van der Waals surface area contributed by atoms with Crippen LogP contribution in [0.5, 0.6) is 0 Å². The number of hydrogen-bond acceptors (Lipinski definition) is 10. The van der Waals surface area contributed by atoms with Crippen molar-refractivity contribution in [1.82, 2.24) is 0 Å². The van der Waals surface area contributed by atoms with E-state index in [9.17, 15) is 19.2 Å². The summed E-state index contributed by atoms with van der Waals surface area (Å²) in [5, 5.41) is 0. The van der Waals surface area contributed by atoms with Gasteiger partial charge in [0.15, 0.2) is 6.10 Å². The Labute approximate surface area is 246 Å². The molecule has 0 amide bonds. The van der Waals surface area contributed by atoms with Crippen LogP contribution >= 0.6 is 0 Å². The predicted molar refractivity (Wildman–Crippen MR) is 145 cm³/mol. The van der Waals surface area contributed by atoms with Crippen molar-refractivity contribution >= 4 is 23.9 Å². The van der Waals surface area contributed by atoms with E-state index in [-0.39, 0.29) is 11.8 Å². The van der Waals surface area contributed by atoms with Crippen molar-refractivity contribution in [1.29, 1.82) is 0 Å². The molecule has 0 aromatic carbocycles. The van der Waals surface area contributed by atoms with Crippen LogP contribution in [0, 0.1) is 33.5 Å². The zero-order chi connectivity index (χ0) is 30.6. The van der Waals surface area contributed by atoms with Crippen molar-refractivity contribution in [2.75, 3.05) is 0 Å². The highest BCUT2D eigenvalue weighted by Crippen LogP contribution is 2.80. The van der Waals surface area contributed by atoms with Gasteiger partial charge in [0.05, 0.1) is 12.5 Å². The van der Waals surface area contributed by atoms with Gasteiger partial charge in [-0.25, -0.2) is 4.79 Å². The lowest BCUT2D eigenvalue weighted by atomic mass is 9.34. The lowest BCUT2D eigenvalue weighted by molar-refractivity contribution is -0.298. The van der Waals surface area contributed by atoms with E-state index in [2.05, 4.69) is 34.6 Å². The summed E-state index contributed by atoms with van der Waals surface area (Å²) < 4.78 is 36.2. The quantitative estimate of drug-likeness (QED) is 0.278. The van der Waals surface area contributed by atoms with Crippen molar-refractivity contribution in [3.63, 3.8) is 0 Å². The number of furan rings is 1. The topological polar surface area (TPSA) is 131 Å². The molecule has 0 N–H and O–H groups in total. The summed E-state index contributed by atoms with van der Waals surface area (Å²) in [6.07, 6.45) is 2.16. The number of epoxide rings is 1. The van der Waals surface area contributed by atoms with E-state index in [0.717, 1.165) is 5.56 Å². The Bertz CT molecular complexity index is 1320. The van der Waals surface area contributed by atoms with Gasteiger partial charge in [0.1, 0.15) is 30.0 Å². The van der Waals surface area contributed by atoms with Crippen molar-refractivity contribution < 1.29 is 47.3 Å². The van der Waals surface area contributed by atoms with Gasteiger partial charge < -0.3 is 28.1 Å². The molecule has 3 unspecified atom stereocenters. The number of esters is 4. The van der Waals surface area contributed by atoms with Crippen LogP contribution in [0.15, 0.2) is 23.0 Å². The number of rotatable bonds is 4. The second-order valence-corrected chi connectivity index (χ2v) is 14.4. The number of carbonyl (C=O) groups is 4. The highest BCUT2D eigenvalue weighted by Gasteiger charge is 2.89. The maximum Gasteiger partial charge on any atom is 0.339 e. The van der Waals surface area contributed by atoms with Crippen molar-refractivity contribution in [2.45, 2.75) is 117 Å². The van der Waals surface area contributed by atoms with Crippen LogP contribution < -0.4 is 0 Å². The number of cyclic esters (lactones) is 1. The van der Waals surface area contributed by atoms with Crippen LogP contribution in [0.2, 0.25) is 0 Å². The fraction of sp³-hybridized carbons (Fsp3) is 0.750. The molecule has 11 atom stereocenters. The largest absolute Gasteiger partial charge is 0.472 e. The summed E-state index contributed by atoms with van der Waals surface area (Å²) in [6, 6.07) is 1.81. The minimum atomic E-state index is -0.994. The summed E-state index contributed by atoms with van der Waals surface area (Å²) in [5.41, 5.74) is -2.88. The molecule has 5 aliphatic rings. The molecule has 2 aliphatic heterocycles. The van der Waals surface area contributed by atoms with Gasteiger partial charge in [-0.2, -0.15) is 0 Å². The number of carbonyl (C=O) groups excluding carboxylic acids is 4. The van der Waals surface area contributed by atoms with Gasteiger partial charge in [0, 0.05) is 54.4 Å². The van der Waals surface area contributed by atoms with Gasteiger partial charge in [-0.05, 0) is 37.2 Å². The molecule has 1 aromatic rings. The van der Waals surface area contributed by atoms with Crippen LogP contribution in [-0.4, -0.2) is 53.9 Å². The highest BCUT2D eigenvalue weighted by molar-refractivity contribution is 5.82. The zero-order valence-electron chi connectivity index (χ0n) is 25.7. The van der Waals surface area contributed by atoms with Crippen LogP contribution in [0.4, 0.5) is 0 Å². The van der Waals surface area contributed by atoms with E-state index >= 15 is 0 Å². The van der Waals surface area contributed by atoms with E-state index in [1.165, 1.54) is 20.8 Å². The summed E-state index contributed by atoms with van der Waals surface area (Å²) >= 11 is 0. The third kappa shape index (κ3) is 3.53. The van der Waals surface area contributed by atoms with Crippen LogP contribution in [0.25, 0.3) is 0 Å². The van der Waals surface area contributed by atoms with Crippen LogP contribution in [-0.2, 0) is 42.9 Å². The Morgan fingerprint density at radius 3 is 2.05 bits per heavy atom. The highest BCUT2D eigenvalue weighted by atomic mass is 16.7. The Balaban J connectivity index is 1.54. The maximum atomic E-state index is 13.5. The molecule has 10 nitrogen and oxygen atoms in total. The molecule has 6 rings (SSSR count). The summed E-state index contributed by atoms with van der Waals surface area (Å²) in [7, 11) is 0. The third-order valence-electron chi connectivity index (χ3n) is 12.2. The number of fused-ring (bicyclic) bond motifs is 3. The second kappa shape index (κ2) is 9.07. The Hall–Kier alpha value is -2.88. The molecule has 3 aliphatic carbocycles. The first-order valence-corrected chi connectivity index (χ1v) is 15.0. The van der Waals surface area contributed by atoms with Crippen LogP contribution in [0.1, 0.15) is 92.7 Å². The molecule has 2 saturated heterocycles. The molecule has 0 radical (unpaired) electrons. The van der Waals surface area contributed by atoms with Gasteiger partial charge in [-0.1, -0.05) is 34.6 Å². The lowest BCUT2D eigenvalue weighted by Crippen LogP contribution is -2.75. The monoisotopic (exact) mass is 586 g/mol. The average molecular weight is 587 g/mol. The first-order chi connectivity index (χ1) is 19.5. The molecule has 0 bridgehead atoms. The third-order valence-corrected chi connectivity index (χ3v) is 12.2. The fourth-order valence-corrected chi connectivity index (χ4v) is 10.6. The molecule has 3 heterocycles. The van der Waals surface area contributed by atoms with Gasteiger partial charge in [-0.3, -0.25) is 14.4 Å². The molecular weight excluding hydrogens is 544 g/mol. The van der Waals surface area contributed by atoms with E-state index in [1.807, 2.05) is 6.07 Å². The molecular formula is C32H42O10. The minimum Gasteiger partial charge on any atom is -0.472 e. The Morgan fingerprint density at radius 2 is 1.45 bits per heavy atom.